The van der Waals surface area contributed by atoms with Crippen molar-refractivity contribution in [1.82, 2.24) is 19.8 Å². The molecule has 0 radical (unpaired) electrons. The zero-order valence-corrected chi connectivity index (χ0v) is 24.4. The van der Waals surface area contributed by atoms with Crippen molar-refractivity contribution in [3.8, 4) is 22.9 Å². The van der Waals surface area contributed by atoms with Crippen LogP contribution in [0.4, 0.5) is 14.6 Å². The Morgan fingerprint density at radius 2 is 1.74 bits per heavy atom. The molecule has 0 atom stereocenters. The second-order valence-corrected chi connectivity index (χ2v) is 11.3. The maximum absolute atomic E-state index is 16.6. The first-order chi connectivity index (χ1) is 20.8. The molecule has 1 amide bonds. The fraction of sp³-hybridized carbons (Fsp3) is 0.344. The van der Waals surface area contributed by atoms with Gasteiger partial charge in [-0.1, -0.05) is 48.9 Å². The normalized spacial score (nSPS) is 16.2. The Morgan fingerprint density at radius 1 is 1.00 bits per heavy atom. The van der Waals surface area contributed by atoms with E-state index in [0.29, 0.717) is 43.0 Å². The summed E-state index contributed by atoms with van der Waals surface area (Å²) >= 11 is 6.78. The standard InChI is InChI=1S/C32H32ClF2N5O3/c1-20(34)31(42)40-13-11-39(12-14-40)30-25-19-26(33)27(24-18-22(41)17-21-7-3-4-8-23(21)24)28(35)29(25)36-32(37-30)43-16-15-38-9-5-2-6-10-38/h3-4,7-8,17-19,41H,1-2,5-6,9-16H2. The number of hydrogen-bond donors (Lipinski definition) is 1. The molecular formula is C32H32ClF2N5O3. The average Bonchev–Trinajstić information content (AvgIpc) is 3.01. The Hall–Kier alpha value is -4.02. The van der Waals surface area contributed by atoms with E-state index in [1.165, 1.54) is 17.4 Å². The van der Waals surface area contributed by atoms with Gasteiger partial charge in [0.25, 0.3) is 5.91 Å². The lowest BCUT2D eigenvalue weighted by Crippen LogP contribution is -2.49. The summed E-state index contributed by atoms with van der Waals surface area (Å²) in [6.45, 7) is 7.31. The maximum Gasteiger partial charge on any atom is 0.319 e. The van der Waals surface area contributed by atoms with E-state index in [1.54, 1.807) is 12.1 Å². The summed E-state index contributed by atoms with van der Waals surface area (Å²) in [6, 6.07) is 12.1. The van der Waals surface area contributed by atoms with E-state index < -0.39 is 17.6 Å². The minimum Gasteiger partial charge on any atom is -0.508 e. The fourth-order valence-electron chi connectivity index (χ4n) is 5.96. The van der Waals surface area contributed by atoms with E-state index in [-0.39, 0.29) is 41.0 Å². The van der Waals surface area contributed by atoms with Gasteiger partial charge in [-0.3, -0.25) is 9.69 Å². The number of rotatable bonds is 7. The van der Waals surface area contributed by atoms with E-state index in [4.69, 9.17) is 16.3 Å². The number of halogens is 3. The average molecular weight is 608 g/mol. The van der Waals surface area contributed by atoms with E-state index in [9.17, 15) is 14.3 Å². The van der Waals surface area contributed by atoms with Crippen LogP contribution in [0, 0.1) is 5.82 Å². The molecule has 43 heavy (non-hydrogen) atoms. The molecule has 3 aromatic carbocycles. The first kappa shape index (κ1) is 29.1. The molecule has 1 aromatic heterocycles. The number of ether oxygens (including phenoxy) is 1. The van der Waals surface area contributed by atoms with Crippen LogP contribution in [-0.2, 0) is 4.79 Å². The van der Waals surface area contributed by atoms with Crippen LogP contribution in [0.25, 0.3) is 32.8 Å². The van der Waals surface area contributed by atoms with Crippen LogP contribution in [0.1, 0.15) is 19.3 Å². The Labute approximate surface area is 253 Å². The molecule has 1 N–H and O–H groups in total. The van der Waals surface area contributed by atoms with Gasteiger partial charge in [-0.15, -0.1) is 0 Å². The summed E-state index contributed by atoms with van der Waals surface area (Å²) in [5, 5.41) is 12.4. The number of anilines is 1. The van der Waals surface area contributed by atoms with Crippen LogP contribution < -0.4 is 9.64 Å². The number of amides is 1. The van der Waals surface area contributed by atoms with Crippen LogP contribution in [0.2, 0.25) is 5.02 Å². The highest BCUT2D eigenvalue weighted by atomic mass is 35.5. The largest absolute Gasteiger partial charge is 0.508 e. The van der Waals surface area contributed by atoms with Gasteiger partial charge in [-0.25, -0.2) is 8.78 Å². The Balaban J connectivity index is 1.41. The number of carbonyl (C=O) groups is 1. The lowest BCUT2D eigenvalue weighted by atomic mass is 9.96. The molecule has 2 saturated heterocycles. The first-order valence-corrected chi connectivity index (χ1v) is 14.8. The lowest BCUT2D eigenvalue weighted by molar-refractivity contribution is -0.128. The van der Waals surface area contributed by atoms with Crippen molar-refractivity contribution in [2.45, 2.75) is 19.3 Å². The van der Waals surface area contributed by atoms with Crippen LogP contribution in [0.3, 0.4) is 0 Å². The number of phenolic OH excluding ortho intramolecular Hbond substituents is 1. The summed E-state index contributed by atoms with van der Waals surface area (Å²) < 4.78 is 36.1. The minimum atomic E-state index is -1.01. The minimum absolute atomic E-state index is 0.0160. The van der Waals surface area contributed by atoms with E-state index in [2.05, 4.69) is 21.4 Å². The van der Waals surface area contributed by atoms with Gasteiger partial charge in [0.05, 0.1) is 5.02 Å². The second kappa shape index (κ2) is 12.3. The highest BCUT2D eigenvalue weighted by Crippen LogP contribution is 2.42. The molecule has 3 heterocycles. The predicted octanol–water partition coefficient (Wildman–Crippen LogP) is 5.94. The number of phenols is 1. The van der Waals surface area contributed by atoms with Gasteiger partial charge in [-0.2, -0.15) is 9.97 Å². The Morgan fingerprint density at radius 3 is 2.49 bits per heavy atom. The number of aromatic hydroxyl groups is 1. The molecule has 0 spiro atoms. The molecule has 0 aliphatic carbocycles. The van der Waals surface area contributed by atoms with Gasteiger partial charge in [0, 0.05) is 43.7 Å². The highest BCUT2D eigenvalue weighted by molar-refractivity contribution is 6.35. The van der Waals surface area contributed by atoms with Crippen molar-refractivity contribution < 1.29 is 23.4 Å². The van der Waals surface area contributed by atoms with E-state index in [1.807, 2.05) is 29.2 Å². The van der Waals surface area contributed by atoms with Crippen molar-refractivity contribution in [2.75, 3.05) is 57.3 Å². The number of benzene rings is 3. The smallest absolute Gasteiger partial charge is 0.319 e. The van der Waals surface area contributed by atoms with Gasteiger partial charge in [-0.05, 0) is 60.5 Å². The topological polar surface area (TPSA) is 82.0 Å². The number of carbonyl (C=O) groups excluding carboxylic acids is 1. The molecule has 2 fully saturated rings. The zero-order chi connectivity index (χ0) is 30.1. The van der Waals surface area contributed by atoms with Gasteiger partial charge in [0.1, 0.15) is 23.7 Å². The van der Waals surface area contributed by atoms with E-state index >= 15 is 4.39 Å². The summed E-state index contributed by atoms with van der Waals surface area (Å²) in [7, 11) is 0. The summed E-state index contributed by atoms with van der Waals surface area (Å²) in [5.74, 6) is -2.02. The van der Waals surface area contributed by atoms with Crippen molar-refractivity contribution in [1.29, 1.82) is 0 Å². The predicted molar refractivity (Wildman–Crippen MR) is 164 cm³/mol. The number of piperidine rings is 1. The molecule has 4 aromatic rings. The molecule has 224 valence electrons. The number of nitrogens with zero attached hydrogens (tertiary/aromatic N) is 5. The monoisotopic (exact) mass is 607 g/mol. The molecule has 0 unspecified atom stereocenters. The maximum atomic E-state index is 16.6. The molecule has 6 rings (SSSR count). The first-order valence-electron chi connectivity index (χ1n) is 14.5. The van der Waals surface area contributed by atoms with Gasteiger partial charge in [0.2, 0.25) is 0 Å². The lowest BCUT2D eigenvalue weighted by Gasteiger charge is -2.35. The van der Waals surface area contributed by atoms with Crippen molar-refractivity contribution in [2.24, 2.45) is 0 Å². The SMILES string of the molecule is C=C(F)C(=O)N1CCN(c2nc(OCCN3CCCCC3)nc3c(F)c(-c4cc(O)cc5ccccc45)c(Cl)cc23)CC1. The Kier molecular flexibility index (Phi) is 8.32. The van der Waals surface area contributed by atoms with E-state index in [0.717, 1.165) is 36.7 Å². The third kappa shape index (κ3) is 5.94. The molecule has 0 bridgehead atoms. The second-order valence-electron chi connectivity index (χ2n) is 10.9. The summed E-state index contributed by atoms with van der Waals surface area (Å²) in [4.78, 5) is 26.9. The van der Waals surface area contributed by atoms with Crippen LogP contribution >= 0.6 is 11.6 Å². The van der Waals surface area contributed by atoms with Crippen molar-refractivity contribution >= 4 is 45.0 Å². The number of likely N-dealkylation sites (tertiary alicyclic amines) is 1. The number of hydrogen-bond acceptors (Lipinski definition) is 7. The summed E-state index contributed by atoms with van der Waals surface area (Å²) in [5.41, 5.74) is 0.578. The molecular weight excluding hydrogens is 576 g/mol. The Bertz CT molecular complexity index is 1700. The number of aromatic nitrogens is 2. The van der Waals surface area contributed by atoms with Crippen molar-refractivity contribution in [3.05, 3.63) is 65.7 Å². The third-order valence-corrected chi connectivity index (χ3v) is 8.44. The quantitative estimate of drug-likeness (QED) is 0.260. The van der Waals surface area contributed by atoms with Crippen LogP contribution in [0.15, 0.2) is 54.9 Å². The highest BCUT2D eigenvalue weighted by Gasteiger charge is 2.28. The van der Waals surface area contributed by atoms with Crippen molar-refractivity contribution in [3.63, 3.8) is 0 Å². The molecule has 2 aliphatic heterocycles. The molecule has 0 saturated carbocycles. The fourth-order valence-corrected chi connectivity index (χ4v) is 6.25. The van der Waals surface area contributed by atoms with Gasteiger partial charge >= 0.3 is 6.01 Å². The third-order valence-electron chi connectivity index (χ3n) is 8.14. The van der Waals surface area contributed by atoms with Gasteiger partial charge in [0.15, 0.2) is 11.6 Å². The van der Waals surface area contributed by atoms with Crippen LogP contribution in [-0.4, -0.2) is 83.2 Å². The molecule has 2 aliphatic rings. The molecule has 11 heteroatoms. The molecule has 8 nitrogen and oxygen atoms in total. The van der Waals surface area contributed by atoms with Gasteiger partial charge < -0.3 is 19.6 Å². The van der Waals surface area contributed by atoms with Crippen LogP contribution in [0.5, 0.6) is 11.8 Å². The summed E-state index contributed by atoms with van der Waals surface area (Å²) in [6.07, 6.45) is 3.53. The zero-order valence-electron chi connectivity index (χ0n) is 23.7. The number of piperazine rings is 1. The number of fused-ring (bicyclic) bond motifs is 2.